The number of likely N-dealkylation sites (N-methyl/N-ethyl adjacent to an activating group) is 1. The van der Waals surface area contributed by atoms with Crippen molar-refractivity contribution in [3.05, 3.63) is 52.3 Å². The molecule has 23 heavy (non-hydrogen) atoms. The number of nitrogens with zero attached hydrogens (tertiary/aromatic N) is 3. The fourth-order valence-electron chi connectivity index (χ4n) is 2.20. The number of hydrogen-bond donors (Lipinski definition) is 0. The second-order valence-electron chi connectivity index (χ2n) is 5.84. The molecule has 0 bridgehead atoms. The largest absolute Gasteiger partial charge is 0.341 e. The van der Waals surface area contributed by atoms with Crippen molar-refractivity contribution >= 4 is 5.91 Å². The molecule has 2 aromatic rings. The van der Waals surface area contributed by atoms with Gasteiger partial charge in [-0.15, -0.1) is 0 Å². The van der Waals surface area contributed by atoms with E-state index in [1.165, 1.54) is 10.7 Å². The molecule has 0 N–H and O–H groups in total. The SMILES string of the molecule is CCC(C)N(C)C(=O)Cn1nc(-c2ccc(C)cc2)ccc1=O. The van der Waals surface area contributed by atoms with Gasteiger partial charge < -0.3 is 4.90 Å². The molecule has 1 unspecified atom stereocenters. The van der Waals surface area contributed by atoms with Crippen molar-refractivity contribution in [3.8, 4) is 11.3 Å². The maximum Gasteiger partial charge on any atom is 0.267 e. The van der Waals surface area contributed by atoms with E-state index in [0.717, 1.165) is 17.5 Å². The Labute approximate surface area is 136 Å². The number of amides is 1. The fourth-order valence-corrected chi connectivity index (χ4v) is 2.20. The van der Waals surface area contributed by atoms with Crippen molar-refractivity contribution in [2.24, 2.45) is 0 Å². The van der Waals surface area contributed by atoms with Crippen LogP contribution in [0.15, 0.2) is 41.2 Å². The minimum Gasteiger partial charge on any atom is -0.341 e. The van der Waals surface area contributed by atoms with E-state index in [4.69, 9.17) is 0 Å². The fraction of sp³-hybridized carbons (Fsp3) is 0.389. The van der Waals surface area contributed by atoms with Crippen LogP contribution in [0.2, 0.25) is 0 Å². The number of benzene rings is 1. The molecule has 0 aliphatic heterocycles. The van der Waals surface area contributed by atoms with Crippen LogP contribution < -0.4 is 5.56 Å². The first-order chi connectivity index (χ1) is 10.9. The zero-order valence-corrected chi connectivity index (χ0v) is 14.1. The monoisotopic (exact) mass is 313 g/mol. The number of carbonyl (C=O) groups is 1. The van der Waals surface area contributed by atoms with Gasteiger partial charge in [-0.25, -0.2) is 4.68 Å². The summed E-state index contributed by atoms with van der Waals surface area (Å²) >= 11 is 0. The predicted molar refractivity (Wildman–Crippen MR) is 91.2 cm³/mol. The van der Waals surface area contributed by atoms with Crippen molar-refractivity contribution in [2.75, 3.05) is 7.05 Å². The summed E-state index contributed by atoms with van der Waals surface area (Å²) in [6, 6.07) is 11.2. The second kappa shape index (κ2) is 7.22. The lowest BCUT2D eigenvalue weighted by Crippen LogP contribution is -2.39. The summed E-state index contributed by atoms with van der Waals surface area (Å²) in [6.45, 7) is 5.98. The van der Waals surface area contributed by atoms with Gasteiger partial charge in [-0.3, -0.25) is 9.59 Å². The molecule has 0 saturated carbocycles. The van der Waals surface area contributed by atoms with Crippen LogP contribution >= 0.6 is 0 Å². The van der Waals surface area contributed by atoms with E-state index in [2.05, 4.69) is 5.10 Å². The highest BCUT2D eigenvalue weighted by atomic mass is 16.2. The molecule has 0 saturated heterocycles. The average Bonchev–Trinajstić information content (AvgIpc) is 2.56. The number of rotatable bonds is 5. The van der Waals surface area contributed by atoms with Crippen molar-refractivity contribution in [1.29, 1.82) is 0 Å². The van der Waals surface area contributed by atoms with Gasteiger partial charge in [0.25, 0.3) is 5.56 Å². The van der Waals surface area contributed by atoms with Crippen molar-refractivity contribution in [1.82, 2.24) is 14.7 Å². The lowest BCUT2D eigenvalue weighted by atomic mass is 10.1. The Morgan fingerprint density at radius 3 is 2.48 bits per heavy atom. The average molecular weight is 313 g/mol. The first kappa shape index (κ1) is 16.9. The van der Waals surface area contributed by atoms with Gasteiger partial charge in [0.1, 0.15) is 6.54 Å². The van der Waals surface area contributed by atoms with Crippen LogP contribution in [0.5, 0.6) is 0 Å². The molecule has 0 aliphatic carbocycles. The van der Waals surface area contributed by atoms with E-state index < -0.39 is 0 Å². The summed E-state index contributed by atoms with van der Waals surface area (Å²) in [5, 5.41) is 4.34. The Balaban J connectivity index is 2.26. The molecule has 122 valence electrons. The van der Waals surface area contributed by atoms with Gasteiger partial charge in [0.05, 0.1) is 5.69 Å². The summed E-state index contributed by atoms with van der Waals surface area (Å²) in [7, 11) is 1.76. The van der Waals surface area contributed by atoms with E-state index in [0.29, 0.717) is 5.69 Å². The number of hydrogen-bond acceptors (Lipinski definition) is 3. The summed E-state index contributed by atoms with van der Waals surface area (Å²) < 4.78 is 1.23. The number of aromatic nitrogens is 2. The number of carbonyl (C=O) groups excluding carboxylic acids is 1. The topological polar surface area (TPSA) is 55.2 Å². The molecule has 0 fully saturated rings. The minimum absolute atomic E-state index is 0.0423. The van der Waals surface area contributed by atoms with Crippen LogP contribution in [0.4, 0.5) is 0 Å². The van der Waals surface area contributed by atoms with E-state index in [9.17, 15) is 9.59 Å². The van der Waals surface area contributed by atoms with Crippen LogP contribution in [0, 0.1) is 6.92 Å². The first-order valence-electron chi connectivity index (χ1n) is 7.83. The van der Waals surface area contributed by atoms with E-state index in [1.54, 1.807) is 18.0 Å². The van der Waals surface area contributed by atoms with Gasteiger partial charge in [-0.1, -0.05) is 36.8 Å². The molecule has 0 radical (unpaired) electrons. The molecule has 1 heterocycles. The van der Waals surface area contributed by atoms with Crippen LogP contribution in [0.25, 0.3) is 11.3 Å². The maximum absolute atomic E-state index is 12.3. The van der Waals surface area contributed by atoms with Crippen LogP contribution in [0.3, 0.4) is 0 Å². The second-order valence-corrected chi connectivity index (χ2v) is 5.84. The summed E-state index contributed by atoms with van der Waals surface area (Å²) in [5.74, 6) is -0.116. The highest BCUT2D eigenvalue weighted by Crippen LogP contribution is 2.15. The Morgan fingerprint density at radius 2 is 1.87 bits per heavy atom. The zero-order valence-electron chi connectivity index (χ0n) is 14.1. The Kier molecular flexibility index (Phi) is 5.32. The van der Waals surface area contributed by atoms with Gasteiger partial charge in [0.2, 0.25) is 5.91 Å². The van der Waals surface area contributed by atoms with E-state index in [-0.39, 0.29) is 24.1 Å². The molecular formula is C18H23N3O2. The molecule has 5 heteroatoms. The molecule has 5 nitrogen and oxygen atoms in total. The van der Waals surface area contributed by atoms with Gasteiger partial charge >= 0.3 is 0 Å². The third-order valence-corrected chi connectivity index (χ3v) is 4.14. The van der Waals surface area contributed by atoms with E-state index >= 15 is 0 Å². The van der Waals surface area contributed by atoms with Crippen molar-refractivity contribution < 1.29 is 4.79 Å². The molecule has 2 rings (SSSR count). The third-order valence-electron chi connectivity index (χ3n) is 4.14. The Bertz CT molecular complexity index is 735. The van der Waals surface area contributed by atoms with Crippen molar-refractivity contribution in [2.45, 2.75) is 39.8 Å². The highest BCUT2D eigenvalue weighted by Gasteiger charge is 2.16. The molecule has 1 aromatic heterocycles. The van der Waals surface area contributed by atoms with Gasteiger partial charge in [0, 0.05) is 24.7 Å². The standard InChI is InChI=1S/C18H23N3O2/c1-5-14(3)20(4)18(23)12-21-17(22)11-10-16(19-21)15-8-6-13(2)7-9-15/h6-11,14H,5,12H2,1-4H3. The summed E-state index contributed by atoms with van der Waals surface area (Å²) in [6.07, 6.45) is 0.869. The third kappa shape index (κ3) is 4.06. The Morgan fingerprint density at radius 1 is 1.22 bits per heavy atom. The van der Waals surface area contributed by atoms with Crippen LogP contribution in [-0.2, 0) is 11.3 Å². The van der Waals surface area contributed by atoms with Gasteiger partial charge in [0.15, 0.2) is 0 Å². The lowest BCUT2D eigenvalue weighted by molar-refractivity contribution is -0.132. The van der Waals surface area contributed by atoms with Crippen LogP contribution in [0.1, 0.15) is 25.8 Å². The molecule has 1 aromatic carbocycles. The van der Waals surface area contributed by atoms with Crippen LogP contribution in [-0.4, -0.2) is 33.7 Å². The predicted octanol–water partition coefficient (Wildman–Crippen LogP) is 2.48. The number of aryl methyl sites for hydroxylation is 1. The van der Waals surface area contributed by atoms with E-state index in [1.807, 2.05) is 45.0 Å². The smallest absolute Gasteiger partial charge is 0.267 e. The van der Waals surface area contributed by atoms with Gasteiger partial charge in [-0.2, -0.15) is 5.10 Å². The lowest BCUT2D eigenvalue weighted by Gasteiger charge is -2.23. The van der Waals surface area contributed by atoms with Crippen molar-refractivity contribution in [3.63, 3.8) is 0 Å². The molecule has 0 aliphatic rings. The molecule has 1 amide bonds. The normalized spacial score (nSPS) is 12.0. The summed E-state index contributed by atoms with van der Waals surface area (Å²) in [4.78, 5) is 25.9. The molecule has 0 spiro atoms. The zero-order chi connectivity index (χ0) is 17.0. The summed E-state index contributed by atoms with van der Waals surface area (Å²) in [5.41, 5.74) is 2.50. The molecule has 1 atom stereocenters. The highest BCUT2D eigenvalue weighted by molar-refractivity contribution is 5.76. The maximum atomic E-state index is 12.3. The Hall–Kier alpha value is -2.43. The first-order valence-corrected chi connectivity index (χ1v) is 7.83. The molecular weight excluding hydrogens is 290 g/mol. The van der Waals surface area contributed by atoms with Gasteiger partial charge in [-0.05, 0) is 26.3 Å². The quantitative estimate of drug-likeness (QED) is 0.852. The minimum atomic E-state index is -0.272.